The summed E-state index contributed by atoms with van der Waals surface area (Å²) in [4.78, 5) is 45.4. The molecular formula is C32H36N6O3. The van der Waals surface area contributed by atoms with Crippen molar-refractivity contribution in [3.05, 3.63) is 72.1 Å². The van der Waals surface area contributed by atoms with Crippen LogP contribution in [0.1, 0.15) is 68.6 Å². The fourth-order valence-corrected chi connectivity index (χ4v) is 5.21. The number of hydrogen-bond acceptors (Lipinski definition) is 6. The molecule has 3 aromatic heterocycles. The number of aryl methyl sites for hydroxylation is 1. The first-order valence-electron chi connectivity index (χ1n) is 14.2. The number of ketones is 1. The van der Waals surface area contributed by atoms with E-state index in [0.717, 1.165) is 69.5 Å². The molecule has 41 heavy (non-hydrogen) atoms. The van der Waals surface area contributed by atoms with Crippen molar-refractivity contribution in [3.8, 4) is 17.0 Å². The molecule has 0 aliphatic heterocycles. The van der Waals surface area contributed by atoms with Gasteiger partial charge >= 0.3 is 0 Å². The number of Topliss-reactive ketones (excluding diaryl/α,β-unsaturated/α-hetero) is 1. The molecule has 3 heterocycles. The third-order valence-electron chi connectivity index (χ3n) is 7.55. The molecule has 5 rings (SSSR count). The zero-order valence-electron chi connectivity index (χ0n) is 23.8. The van der Waals surface area contributed by atoms with Gasteiger partial charge in [-0.2, -0.15) is 0 Å². The van der Waals surface area contributed by atoms with Gasteiger partial charge in [-0.15, -0.1) is 0 Å². The zero-order valence-corrected chi connectivity index (χ0v) is 23.8. The second-order valence-corrected chi connectivity index (χ2v) is 10.4. The lowest BCUT2D eigenvalue weighted by atomic mass is 10.0. The monoisotopic (exact) mass is 552 g/mol. The maximum absolute atomic E-state index is 13.4. The van der Waals surface area contributed by atoms with E-state index < -0.39 is 0 Å². The van der Waals surface area contributed by atoms with Gasteiger partial charge in [0.1, 0.15) is 17.4 Å². The third-order valence-corrected chi connectivity index (χ3v) is 7.55. The van der Waals surface area contributed by atoms with Gasteiger partial charge in [0.15, 0.2) is 0 Å². The van der Waals surface area contributed by atoms with Crippen LogP contribution in [0.4, 0.5) is 0 Å². The molecule has 0 spiro atoms. The molecule has 0 saturated heterocycles. The summed E-state index contributed by atoms with van der Waals surface area (Å²) < 4.78 is 5.41. The second kappa shape index (κ2) is 12.8. The van der Waals surface area contributed by atoms with Gasteiger partial charge in [0, 0.05) is 47.4 Å². The SMILES string of the molecule is CCC(=O)CCCCCC(NC(=O)Cc1c(C)[nH]c2ccc(OC)cc12)c1ncc(-c2ccc3nccnc3c2)[nH]1. The largest absolute Gasteiger partial charge is 0.497 e. The van der Waals surface area contributed by atoms with Crippen LogP contribution in [0, 0.1) is 6.92 Å². The predicted molar refractivity (Wildman–Crippen MR) is 160 cm³/mol. The number of aromatic nitrogens is 5. The first-order chi connectivity index (χ1) is 19.9. The third kappa shape index (κ3) is 6.62. The minimum absolute atomic E-state index is 0.0816. The van der Waals surface area contributed by atoms with E-state index in [1.54, 1.807) is 25.7 Å². The van der Waals surface area contributed by atoms with E-state index in [9.17, 15) is 9.59 Å². The summed E-state index contributed by atoms with van der Waals surface area (Å²) in [5, 5.41) is 4.21. The van der Waals surface area contributed by atoms with E-state index in [1.807, 2.05) is 50.2 Å². The maximum atomic E-state index is 13.4. The number of aromatic amines is 2. The van der Waals surface area contributed by atoms with Crippen LogP contribution in [-0.2, 0) is 16.0 Å². The number of amides is 1. The second-order valence-electron chi connectivity index (χ2n) is 10.4. The first-order valence-corrected chi connectivity index (χ1v) is 14.2. The van der Waals surface area contributed by atoms with Crippen LogP contribution in [-0.4, -0.2) is 43.7 Å². The Morgan fingerprint density at radius 1 is 0.976 bits per heavy atom. The number of methoxy groups -OCH3 is 1. The van der Waals surface area contributed by atoms with Crippen molar-refractivity contribution >= 4 is 33.6 Å². The summed E-state index contributed by atoms with van der Waals surface area (Å²) in [5.41, 5.74) is 6.31. The van der Waals surface area contributed by atoms with Crippen molar-refractivity contribution < 1.29 is 14.3 Å². The molecule has 1 unspecified atom stereocenters. The Kier molecular flexibility index (Phi) is 8.72. The summed E-state index contributed by atoms with van der Waals surface area (Å²) in [6, 6.07) is 11.4. The molecule has 1 atom stereocenters. The van der Waals surface area contributed by atoms with Gasteiger partial charge in [-0.3, -0.25) is 19.6 Å². The topological polar surface area (TPSA) is 126 Å². The van der Waals surface area contributed by atoms with Gasteiger partial charge in [0.2, 0.25) is 5.91 Å². The van der Waals surface area contributed by atoms with Crippen molar-refractivity contribution in [2.45, 2.75) is 64.8 Å². The highest BCUT2D eigenvalue weighted by Gasteiger charge is 2.21. The maximum Gasteiger partial charge on any atom is 0.225 e. The van der Waals surface area contributed by atoms with E-state index in [-0.39, 0.29) is 24.2 Å². The van der Waals surface area contributed by atoms with Crippen LogP contribution in [0.3, 0.4) is 0 Å². The van der Waals surface area contributed by atoms with E-state index in [2.05, 4.69) is 30.2 Å². The van der Waals surface area contributed by atoms with E-state index in [0.29, 0.717) is 25.1 Å². The molecule has 0 fully saturated rings. The van der Waals surface area contributed by atoms with Crippen molar-refractivity contribution in [1.82, 2.24) is 30.2 Å². The van der Waals surface area contributed by atoms with Gasteiger partial charge < -0.3 is 20.0 Å². The van der Waals surface area contributed by atoms with Crippen molar-refractivity contribution in [3.63, 3.8) is 0 Å². The van der Waals surface area contributed by atoms with Crippen LogP contribution in [0.15, 0.2) is 55.0 Å². The summed E-state index contributed by atoms with van der Waals surface area (Å²) in [7, 11) is 1.64. The Labute approximate surface area is 239 Å². The van der Waals surface area contributed by atoms with Crippen molar-refractivity contribution in [2.24, 2.45) is 0 Å². The minimum atomic E-state index is -0.293. The summed E-state index contributed by atoms with van der Waals surface area (Å²) >= 11 is 0. The summed E-state index contributed by atoms with van der Waals surface area (Å²) in [6.45, 7) is 3.88. The molecule has 0 bridgehead atoms. The van der Waals surface area contributed by atoms with Crippen LogP contribution in [0.25, 0.3) is 33.2 Å². The Balaban J connectivity index is 1.34. The van der Waals surface area contributed by atoms with Gasteiger partial charge in [-0.25, -0.2) is 4.98 Å². The number of benzene rings is 2. The van der Waals surface area contributed by atoms with Gasteiger partial charge in [0.25, 0.3) is 0 Å². The lowest BCUT2D eigenvalue weighted by Crippen LogP contribution is -2.30. The van der Waals surface area contributed by atoms with Crippen molar-refractivity contribution in [2.75, 3.05) is 7.11 Å². The molecule has 0 saturated carbocycles. The van der Waals surface area contributed by atoms with E-state index >= 15 is 0 Å². The number of unbranched alkanes of at least 4 members (excludes halogenated alkanes) is 2. The molecule has 9 nitrogen and oxygen atoms in total. The number of H-pyrrole nitrogens is 2. The Bertz CT molecular complexity index is 1670. The highest BCUT2D eigenvalue weighted by Crippen LogP contribution is 2.28. The fourth-order valence-electron chi connectivity index (χ4n) is 5.21. The van der Waals surface area contributed by atoms with Crippen LogP contribution in [0.2, 0.25) is 0 Å². The van der Waals surface area contributed by atoms with Gasteiger partial charge in [0.05, 0.1) is 42.5 Å². The number of carbonyl (C=O) groups is 2. The first kappa shape index (κ1) is 28.0. The number of nitrogens with one attached hydrogen (secondary N) is 3. The van der Waals surface area contributed by atoms with Gasteiger partial charge in [-0.1, -0.05) is 25.8 Å². The van der Waals surface area contributed by atoms with Gasteiger partial charge in [-0.05, 0) is 55.7 Å². The predicted octanol–water partition coefficient (Wildman–Crippen LogP) is 6.15. The Morgan fingerprint density at radius 2 is 1.80 bits per heavy atom. The molecule has 5 aromatic rings. The van der Waals surface area contributed by atoms with Crippen LogP contribution < -0.4 is 10.1 Å². The molecule has 0 aliphatic carbocycles. The number of fused-ring (bicyclic) bond motifs is 2. The van der Waals surface area contributed by atoms with Crippen LogP contribution >= 0.6 is 0 Å². The average Bonchev–Trinajstić information content (AvgIpc) is 3.60. The van der Waals surface area contributed by atoms with Crippen LogP contribution in [0.5, 0.6) is 5.75 Å². The summed E-state index contributed by atoms with van der Waals surface area (Å²) in [5.74, 6) is 1.66. The van der Waals surface area contributed by atoms with E-state index in [4.69, 9.17) is 4.74 Å². The highest BCUT2D eigenvalue weighted by atomic mass is 16.5. The number of hydrogen-bond donors (Lipinski definition) is 3. The molecule has 0 radical (unpaired) electrons. The summed E-state index contributed by atoms with van der Waals surface area (Å²) in [6.07, 6.45) is 9.91. The quantitative estimate of drug-likeness (QED) is 0.151. The number of nitrogens with zero attached hydrogens (tertiary/aromatic N) is 3. The number of imidazole rings is 1. The Hall–Kier alpha value is -4.53. The lowest BCUT2D eigenvalue weighted by molar-refractivity contribution is -0.121. The fraction of sp³-hybridized carbons (Fsp3) is 0.344. The molecule has 9 heteroatoms. The molecule has 3 N–H and O–H groups in total. The number of ether oxygens (including phenoxy) is 1. The highest BCUT2D eigenvalue weighted by molar-refractivity contribution is 5.91. The number of rotatable bonds is 13. The molecular weight excluding hydrogens is 516 g/mol. The average molecular weight is 553 g/mol. The molecule has 1 amide bonds. The normalized spacial score (nSPS) is 12.1. The smallest absolute Gasteiger partial charge is 0.225 e. The number of carbonyl (C=O) groups excluding carboxylic acids is 2. The zero-order chi connectivity index (χ0) is 28.8. The molecule has 212 valence electrons. The van der Waals surface area contributed by atoms with Crippen molar-refractivity contribution in [1.29, 1.82) is 0 Å². The minimum Gasteiger partial charge on any atom is -0.497 e. The Morgan fingerprint density at radius 3 is 2.61 bits per heavy atom. The lowest BCUT2D eigenvalue weighted by Gasteiger charge is -2.17. The standard InChI is InChI=1S/C32H36N6O3/c1-4-22(39)8-6-5-7-9-28(32-35-19-30(38-32)21-10-12-27-29(16-21)34-15-14-33-27)37-31(40)18-24-20(2)36-26-13-11-23(41-3)17-25(24)26/h10-17,19,28,36H,4-9,18H2,1-3H3,(H,35,38)(H,37,40). The molecule has 2 aromatic carbocycles. The van der Waals surface area contributed by atoms with E-state index in [1.165, 1.54) is 0 Å². The molecule has 0 aliphatic rings.